The quantitative estimate of drug-likeness (QED) is 0.397. The first-order chi connectivity index (χ1) is 19.2. The molecule has 1 aromatic carbocycles. The summed E-state index contributed by atoms with van der Waals surface area (Å²) in [6, 6.07) is 5.05. The SMILES string of the molecule is CCCCN(CCCC)C(=O)CN1CC(c2ccc3c(c2)CCO3)C(C(=O)O)C1CCN1C(=O)CCN(C)C1=O. The number of aliphatic carboxylic acids is 1. The van der Waals surface area contributed by atoms with Crippen molar-refractivity contribution in [3.63, 3.8) is 0 Å². The molecule has 4 amide bonds. The zero-order chi connectivity index (χ0) is 28.8. The highest BCUT2D eigenvalue weighted by Crippen LogP contribution is 2.41. The van der Waals surface area contributed by atoms with E-state index in [0.29, 0.717) is 39.2 Å². The standard InChI is InChI=1S/C30H44N4O6/c1-4-6-13-32(14-7-5-2)27(36)20-33-19-23(21-8-9-25-22(18-21)12-17-40-25)28(29(37)38)24(33)10-16-34-26(35)11-15-31(3)30(34)39/h8-9,18,23-24,28H,4-7,10-17,19-20H2,1-3H3,(H,37,38). The van der Waals surface area contributed by atoms with Crippen molar-refractivity contribution in [3.8, 4) is 5.75 Å². The van der Waals surface area contributed by atoms with Gasteiger partial charge in [-0.1, -0.05) is 38.8 Å². The molecule has 3 heterocycles. The molecule has 3 atom stereocenters. The van der Waals surface area contributed by atoms with Gasteiger partial charge in [0.15, 0.2) is 0 Å². The van der Waals surface area contributed by atoms with E-state index in [1.54, 1.807) is 7.05 Å². The number of carboxylic acid groups (broad SMARTS) is 1. The number of hydrogen-bond acceptors (Lipinski definition) is 6. The summed E-state index contributed by atoms with van der Waals surface area (Å²) >= 11 is 0. The van der Waals surface area contributed by atoms with Gasteiger partial charge in [-0.05, 0) is 36.5 Å². The molecular formula is C30H44N4O6. The van der Waals surface area contributed by atoms with Crippen LogP contribution in [-0.2, 0) is 20.8 Å². The molecule has 0 aromatic heterocycles. The maximum absolute atomic E-state index is 13.6. The fourth-order valence-corrected chi connectivity index (χ4v) is 6.25. The monoisotopic (exact) mass is 556 g/mol. The summed E-state index contributed by atoms with van der Waals surface area (Å²) in [5.41, 5.74) is 2.00. The third kappa shape index (κ3) is 6.59. The molecule has 220 valence electrons. The number of unbranched alkanes of at least 4 members (excludes halogenated alkanes) is 2. The van der Waals surface area contributed by atoms with E-state index in [-0.39, 0.29) is 43.3 Å². The molecule has 2 saturated heterocycles. The van der Waals surface area contributed by atoms with E-state index >= 15 is 0 Å². The number of imide groups is 1. The van der Waals surface area contributed by atoms with Gasteiger partial charge in [0.2, 0.25) is 11.8 Å². The number of carboxylic acids is 1. The van der Waals surface area contributed by atoms with Gasteiger partial charge in [0.05, 0.1) is 19.1 Å². The van der Waals surface area contributed by atoms with Gasteiger partial charge in [0.25, 0.3) is 0 Å². The molecule has 0 aliphatic carbocycles. The highest BCUT2D eigenvalue weighted by molar-refractivity contribution is 5.96. The van der Waals surface area contributed by atoms with E-state index in [1.165, 1.54) is 9.80 Å². The van der Waals surface area contributed by atoms with Crippen LogP contribution in [0.1, 0.15) is 69.4 Å². The number of hydrogen-bond donors (Lipinski definition) is 1. The Labute approximate surface area is 237 Å². The smallest absolute Gasteiger partial charge is 0.326 e. The number of urea groups is 1. The molecule has 0 spiro atoms. The van der Waals surface area contributed by atoms with Crippen molar-refractivity contribution in [3.05, 3.63) is 29.3 Å². The Kier molecular flexibility index (Phi) is 10.1. The number of carbonyl (C=O) groups excluding carboxylic acids is 3. The van der Waals surface area contributed by atoms with Crippen LogP contribution in [0.4, 0.5) is 4.79 Å². The minimum atomic E-state index is -0.927. The highest BCUT2D eigenvalue weighted by atomic mass is 16.5. The topological polar surface area (TPSA) is 111 Å². The van der Waals surface area contributed by atoms with E-state index in [4.69, 9.17) is 4.74 Å². The predicted molar refractivity (Wildman–Crippen MR) is 150 cm³/mol. The third-order valence-electron chi connectivity index (χ3n) is 8.60. The zero-order valence-corrected chi connectivity index (χ0v) is 24.1. The number of ether oxygens (including phenoxy) is 1. The van der Waals surface area contributed by atoms with E-state index in [9.17, 15) is 24.3 Å². The Balaban J connectivity index is 1.60. The molecule has 1 N–H and O–H groups in total. The second-order valence-corrected chi connectivity index (χ2v) is 11.3. The fourth-order valence-electron chi connectivity index (χ4n) is 6.25. The first-order valence-electron chi connectivity index (χ1n) is 14.8. The summed E-state index contributed by atoms with van der Waals surface area (Å²) in [7, 11) is 1.66. The Morgan fingerprint density at radius 1 is 1.10 bits per heavy atom. The number of rotatable bonds is 13. The van der Waals surface area contributed by atoms with E-state index < -0.39 is 17.9 Å². The Hall–Kier alpha value is -3.14. The van der Waals surface area contributed by atoms with Crippen LogP contribution in [-0.4, -0.2) is 107 Å². The van der Waals surface area contributed by atoms with Crippen LogP contribution in [0, 0.1) is 5.92 Å². The van der Waals surface area contributed by atoms with Gasteiger partial charge in [-0.3, -0.25) is 24.2 Å². The molecule has 40 heavy (non-hydrogen) atoms. The van der Waals surface area contributed by atoms with Crippen LogP contribution in [0.2, 0.25) is 0 Å². The molecular weight excluding hydrogens is 512 g/mol. The van der Waals surface area contributed by atoms with E-state index in [1.807, 2.05) is 28.0 Å². The lowest BCUT2D eigenvalue weighted by molar-refractivity contribution is -0.144. The lowest BCUT2D eigenvalue weighted by atomic mass is 9.83. The van der Waals surface area contributed by atoms with Gasteiger partial charge in [0, 0.05) is 64.6 Å². The number of likely N-dealkylation sites (tertiary alicyclic amines) is 1. The summed E-state index contributed by atoms with van der Waals surface area (Å²) in [5, 5.41) is 10.5. The van der Waals surface area contributed by atoms with E-state index in [2.05, 4.69) is 13.8 Å². The van der Waals surface area contributed by atoms with Crippen molar-refractivity contribution >= 4 is 23.8 Å². The Morgan fingerprint density at radius 3 is 2.50 bits per heavy atom. The van der Waals surface area contributed by atoms with Crippen molar-refractivity contribution in [2.45, 2.75) is 70.8 Å². The lowest BCUT2D eigenvalue weighted by Crippen LogP contribution is -2.52. The van der Waals surface area contributed by atoms with Crippen LogP contribution in [0.3, 0.4) is 0 Å². The van der Waals surface area contributed by atoms with Gasteiger partial charge < -0.3 is 19.6 Å². The summed E-state index contributed by atoms with van der Waals surface area (Å²) in [5.74, 6) is -1.42. The molecule has 1 aromatic rings. The summed E-state index contributed by atoms with van der Waals surface area (Å²) in [6.45, 7) is 7.24. The number of fused-ring (bicyclic) bond motifs is 1. The molecule has 2 fully saturated rings. The van der Waals surface area contributed by atoms with Crippen molar-refractivity contribution in [1.29, 1.82) is 0 Å². The van der Waals surface area contributed by atoms with Crippen molar-refractivity contribution in [2.24, 2.45) is 5.92 Å². The minimum Gasteiger partial charge on any atom is -0.493 e. The van der Waals surface area contributed by atoms with Gasteiger partial charge in [-0.15, -0.1) is 0 Å². The molecule has 4 rings (SSSR count). The third-order valence-corrected chi connectivity index (χ3v) is 8.60. The van der Waals surface area contributed by atoms with E-state index in [0.717, 1.165) is 49.0 Å². The van der Waals surface area contributed by atoms with Crippen LogP contribution < -0.4 is 4.74 Å². The Bertz CT molecular complexity index is 1090. The van der Waals surface area contributed by atoms with Gasteiger partial charge in [-0.2, -0.15) is 0 Å². The number of benzene rings is 1. The minimum absolute atomic E-state index is 0.00361. The largest absolute Gasteiger partial charge is 0.493 e. The highest BCUT2D eigenvalue weighted by Gasteiger charge is 2.48. The fraction of sp³-hybridized carbons (Fsp3) is 0.667. The van der Waals surface area contributed by atoms with Crippen molar-refractivity contribution < 1.29 is 29.0 Å². The second-order valence-electron chi connectivity index (χ2n) is 11.3. The summed E-state index contributed by atoms with van der Waals surface area (Å²) < 4.78 is 5.66. The van der Waals surface area contributed by atoms with Crippen molar-refractivity contribution in [2.75, 3.05) is 52.9 Å². The van der Waals surface area contributed by atoms with Gasteiger partial charge >= 0.3 is 12.0 Å². The van der Waals surface area contributed by atoms with Crippen molar-refractivity contribution in [1.82, 2.24) is 19.6 Å². The molecule has 3 aliphatic rings. The second kappa shape index (κ2) is 13.5. The molecule has 10 nitrogen and oxygen atoms in total. The van der Waals surface area contributed by atoms with Gasteiger partial charge in [0.1, 0.15) is 5.75 Å². The molecule has 0 saturated carbocycles. The number of amides is 4. The van der Waals surface area contributed by atoms with Crippen LogP contribution in [0.15, 0.2) is 18.2 Å². The van der Waals surface area contributed by atoms with Crippen LogP contribution in [0.5, 0.6) is 5.75 Å². The number of nitrogens with zero attached hydrogens (tertiary/aromatic N) is 4. The summed E-state index contributed by atoms with van der Waals surface area (Å²) in [6.07, 6.45) is 5.15. The summed E-state index contributed by atoms with van der Waals surface area (Å²) in [4.78, 5) is 58.3. The average molecular weight is 557 g/mol. The average Bonchev–Trinajstić information content (AvgIpc) is 3.55. The first-order valence-corrected chi connectivity index (χ1v) is 14.8. The molecule has 3 aliphatic heterocycles. The maximum Gasteiger partial charge on any atom is 0.326 e. The maximum atomic E-state index is 13.6. The molecule has 0 radical (unpaired) electrons. The normalized spacial score (nSPS) is 22.9. The van der Waals surface area contributed by atoms with Crippen LogP contribution >= 0.6 is 0 Å². The van der Waals surface area contributed by atoms with Gasteiger partial charge in [-0.25, -0.2) is 4.79 Å². The molecule has 10 heteroatoms. The Morgan fingerprint density at radius 2 is 1.82 bits per heavy atom. The zero-order valence-electron chi connectivity index (χ0n) is 24.1. The molecule has 3 unspecified atom stereocenters. The molecule has 0 bridgehead atoms. The van der Waals surface area contributed by atoms with Crippen LogP contribution in [0.25, 0.3) is 0 Å². The first kappa shape index (κ1) is 29.8. The number of carbonyl (C=O) groups is 4. The lowest BCUT2D eigenvalue weighted by Gasteiger charge is -2.34. The predicted octanol–water partition coefficient (Wildman–Crippen LogP) is 3.19.